The summed E-state index contributed by atoms with van der Waals surface area (Å²) in [5, 5.41) is 0.946. The molecule has 2 aromatic heterocycles. The quantitative estimate of drug-likeness (QED) is 0.453. The molecule has 8 nitrogen and oxygen atoms in total. The maximum Gasteiger partial charge on any atom is 0.322 e. The second kappa shape index (κ2) is 6.07. The van der Waals surface area contributed by atoms with E-state index in [4.69, 9.17) is 10.6 Å². The van der Waals surface area contributed by atoms with Crippen molar-refractivity contribution in [2.75, 3.05) is 12.0 Å². The van der Waals surface area contributed by atoms with E-state index in [9.17, 15) is 0 Å². The zero-order chi connectivity index (χ0) is 12.8. The summed E-state index contributed by atoms with van der Waals surface area (Å²) in [7, 11) is 0. The summed E-state index contributed by atoms with van der Waals surface area (Å²) in [4.78, 5) is 20.3. The van der Waals surface area contributed by atoms with E-state index in [0.29, 0.717) is 16.9 Å². The first-order valence-electron chi connectivity index (χ1n) is 5.12. The van der Waals surface area contributed by atoms with Crippen LogP contribution in [0.15, 0.2) is 28.8 Å². The van der Waals surface area contributed by atoms with E-state index in [-0.39, 0.29) is 12.0 Å². The van der Waals surface area contributed by atoms with Gasteiger partial charge in [0.1, 0.15) is 0 Å². The summed E-state index contributed by atoms with van der Waals surface area (Å²) in [5.74, 6) is 5.51. The number of hydrogen-bond acceptors (Lipinski definition) is 9. The fourth-order valence-electron chi connectivity index (χ4n) is 1.06. The first-order chi connectivity index (χ1) is 8.81. The third kappa shape index (κ3) is 3.25. The Bertz CT molecular complexity index is 510. The van der Waals surface area contributed by atoms with E-state index in [0.717, 1.165) is 0 Å². The lowest BCUT2D eigenvalue weighted by Crippen LogP contribution is -2.12. The molecule has 0 spiro atoms. The van der Waals surface area contributed by atoms with Gasteiger partial charge in [-0.2, -0.15) is 15.0 Å². The summed E-state index contributed by atoms with van der Waals surface area (Å²) >= 11 is 1.20. The number of hydrogen-bond donors (Lipinski definition) is 2. The number of nitrogens with two attached hydrogens (primary N) is 1. The summed E-state index contributed by atoms with van der Waals surface area (Å²) in [6.07, 6.45) is 3.28. The van der Waals surface area contributed by atoms with Crippen molar-refractivity contribution in [2.24, 2.45) is 5.84 Å². The van der Waals surface area contributed by atoms with Crippen LogP contribution < -0.4 is 16.0 Å². The van der Waals surface area contributed by atoms with Crippen LogP contribution in [-0.4, -0.2) is 31.5 Å². The van der Waals surface area contributed by atoms with Gasteiger partial charge in [0.15, 0.2) is 5.16 Å². The normalized spacial score (nSPS) is 10.1. The average molecular weight is 265 g/mol. The van der Waals surface area contributed by atoms with Crippen LogP contribution >= 0.6 is 11.8 Å². The minimum atomic E-state index is 0.207. The molecule has 0 aliphatic carbocycles. The molecule has 0 aromatic carbocycles. The van der Waals surface area contributed by atoms with Crippen molar-refractivity contribution >= 4 is 17.7 Å². The number of ether oxygens (including phenoxy) is 1. The number of nitrogens with one attached hydrogen (secondary N) is 1. The molecule has 0 aliphatic heterocycles. The van der Waals surface area contributed by atoms with E-state index in [2.05, 4.69) is 30.3 Å². The van der Waals surface area contributed by atoms with Crippen LogP contribution in [-0.2, 0) is 0 Å². The average Bonchev–Trinajstić information content (AvgIpc) is 2.40. The van der Waals surface area contributed by atoms with Gasteiger partial charge in [-0.25, -0.2) is 15.8 Å². The first kappa shape index (κ1) is 12.5. The third-order valence-electron chi connectivity index (χ3n) is 1.72. The van der Waals surface area contributed by atoms with Crippen LogP contribution in [0.3, 0.4) is 0 Å². The van der Waals surface area contributed by atoms with Crippen molar-refractivity contribution in [3.8, 4) is 6.01 Å². The van der Waals surface area contributed by atoms with Crippen molar-refractivity contribution in [3.05, 3.63) is 18.5 Å². The predicted molar refractivity (Wildman–Crippen MR) is 65.0 cm³/mol. The molecule has 18 heavy (non-hydrogen) atoms. The van der Waals surface area contributed by atoms with Gasteiger partial charge in [0.25, 0.3) is 0 Å². The summed E-state index contributed by atoms with van der Waals surface area (Å²) in [6.45, 7) is 2.30. The zero-order valence-electron chi connectivity index (χ0n) is 9.57. The van der Waals surface area contributed by atoms with Gasteiger partial charge in [-0.3, -0.25) is 5.43 Å². The number of hydrazine groups is 1. The predicted octanol–water partition coefficient (Wildman–Crippen LogP) is 0.497. The van der Waals surface area contributed by atoms with Gasteiger partial charge in [-0.05, 0) is 24.8 Å². The lowest BCUT2D eigenvalue weighted by molar-refractivity contribution is 0.308. The number of rotatable bonds is 5. The summed E-state index contributed by atoms with van der Waals surface area (Å²) in [6, 6.07) is 1.94. The largest absolute Gasteiger partial charge is 0.464 e. The van der Waals surface area contributed by atoms with Crippen molar-refractivity contribution in [1.82, 2.24) is 24.9 Å². The number of nitrogen functional groups attached to an aromatic ring is 1. The molecule has 0 unspecified atom stereocenters. The Morgan fingerprint density at radius 2 is 2.00 bits per heavy atom. The molecular formula is C9H11N7OS. The Hall–Kier alpha value is -2.00. The number of anilines is 1. The van der Waals surface area contributed by atoms with E-state index >= 15 is 0 Å². The third-order valence-corrected chi connectivity index (χ3v) is 2.48. The topological polar surface area (TPSA) is 112 Å². The maximum absolute atomic E-state index is 5.28. The van der Waals surface area contributed by atoms with E-state index in [1.807, 2.05) is 6.92 Å². The van der Waals surface area contributed by atoms with Gasteiger partial charge in [0.05, 0.1) is 6.61 Å². The van der Waals surface area contributed by atoms with Crippen molar-refractivity contribution in [1.29, 1.82) is 0 Å². The molecule has 0 amide bonds. The SMILES string of the molecule is CCOc1nc(NN)nc(Sc2ncccn2)n1. The van der Waals surface area contributed by atoms with Crippen molar-refractivity contribution in [2.45, 2.75) is 17.2 Å². The Kier molecular flexibility index (Phi) is 4.20. The zero-order valence-corrected chi connectivity index (χ0v) is 10.4. The molecule has 0 radical (unpaired) electrons. The van der Waals surface area contributed by atoms with Crippen LogP contribution in [0.5, 0.6) is 6.01 Å². The number of nitrogens with zero attached hydrogens (tertiary/aromatic N) is 5. The second-order valence-electron chi connectivity index (χ2n) is 2.93. The smallest absolute Gasteiger partial charge is 0.322 e. The fraction of sp³-hybridized carbons (Fsp3) is 0.222. The molecule has 9 heteroatoms. The maximum atomic E-state index is 5.28. The van der Waals surface area contributed by atoms with Crippen LogP contribution in [0.4, 0.5) is 5.95 Å². The molecule has 0 saturated heterocycles. The van der Waals surface area contributed by atoms with Crippen molar-refractivity contribution < 1.29 is 4.74 Å². The Morgan fingerprint density at radius 1 is 1.22 bits per heavy atom. The lowest BCUT2D eigenvalue weighted by atomic mass is 10.7. The molecule has 0 atom stereocenters. The number of aromatic nitrogens is 5. The molecule has 0 aliphatic rings. The standard InChI is InChI=1S/C9H11N7OS/c1-2-17-7-13-6(16-10)14-9(15-7)18-8-11-4-3-5-12-8/h3-5H,2,10H2,1H3,(H,13,14,15,16). The van der Waals surface area contributed by atoms with Crippen molar-refractivity contribution in [3.63, 3.8) is 0 Å². The molecule has 3 N–H and O–H groups in total. The van der Waals surface area contributed by atoms with Gasteiger partial charge in [0, 0.05) is 12.4 Å². The highest BCUT2D eigenvalue weighted by molar-refractivity contribution is 7.99. The monoisotopic (exact) mass is 265 g/mol. The first-order valence-corrected chi connectivity index (χ1v) is 5.94. The Labute approximate surface area is 107 Å². The molecule has 0 saturated carbocycles. The molecule has 0 bridgehead atoms. The van der Waals surface area contributed by atoms with E-state index in [1.54, 1.807) is 18.5 Å². The molecule has 0 fully saturated rings. The minimum Gasteiger partial charge on any atom is -0.464 e. The summed E-state index contributed by atoms with van der Waals surface area (Å²) < 4.78 is 5.21. The molecule has 2 rings (SSSR count). The Balaban J connectivity index is 2.24. The van der Waals surface area contributed by atoms with E-state index < -0.39 is 0 Å². The van der Waals surface area contributed by atoms with Gasteiger partial charge < -0.3 is 4.74 Å². The molecule has 94 valence electrons. The molecule has 2 aromatic rings. The highest BCUT2D eigenvalue weighted by Crippen LogP contribution is 2.22. The fourth-order valence-corrected chi connectivity index (χ4v) is 1.71. The molecule has 2 heterocycles. The highest BCUT2D eigenvalue weighted by atomic mass is 32.2. The van der Waals surface area contributed by atoms with Gasteiger partial charge in [-0.1, -0.05) is 0 Å². The van der Waals surface area contributed by atoms with Gasteiger partial charge in [-0.15, -0.1) is 0 Å². The minimum absolute atomic E-state index is 0.207. The van der Waals surface area contributed by atoms with Gasteiger partial charge in [0.2, 0.25) is 11.1 Å². The Morgan fingerprint density at radius 3 is 2.67 bits per heavy atom. The van der Waals surface area contributed by atoms with Crippen LogP contribution in [0.1, 0.15) is 6.92 Å². The van der Waals surface area contributed by atoms with Gasteiger partial charge >= 0.3 is 6.01 Å². The van der Waals surface area contributed by atoms with Crippen LogP contribution in [0, 0.1) is 0 Å². The van der Waals surface area contributed by atoms with E-state index in [1.165, 1.54) is 11.8 Å². The second-order valence-corrected chi connectivity index (χ2v) is 3.87. The highest BCUT2D eigenvalue weighted by Gasteiger charge is 2.09. The summed E-state index contributed by atoms with van der Waals surface area (Å²) in [5.41, 5.74) is 2.36. The van der Waals surface area contributed by atoms with Crippen LogP contribution in [0.2, 0.25) is 0 Å². The van der Waals surface area contributed by atoms with Crippen LogP contribution in [0.25, 0.3) is 0 Å². The molecular weight excluding hydrogens is 254 g/mol. The lowest BCUT2D eigenvalue weighted by Gasteiger charge is -2.05.